The third-order valence-corrected chi connectivity index (χ3v) is 5.40. The Morgan fingerprint density at radius 1 is 1.12 bits per heavy atom. The predicted molar refractivity (Wildman–Crippen MR) is 98.9 cm³/mol. The Morgan fingerprint density at radius 2 is 1.92 bits per heavy atom. The molecule has 0 aliphatic carbocycles. The first-order chi connectivity index (χ1) is 12.1. The molecule has 7 heteroatoms. The van der Waals surface area contributed by atoms with Gasteiger partial charge < -0.3 is 9.80 Å². The zero-order chi connectivity index (χ0) is 17.4. The van der Waals surface area contributed by atoms with Gasteiger partial charge in [0, 0.05) is 44.5 Å². The molecule has 1 atom stereocenters. The second-order valence-corrected chi connectivity index (χ2v) is 7.77. The number of aryl methyl sites for hydroxylation is 1. The van der Waals surface area contributed by atoms with Crippen molar-refractivity contribution in [2.45, 2.75) is 33.2 Å². The van der Waals surface area contributed by atoms with E-state index in [4.69, 9.17) is 10.1 Å². The summed E-state index contributed by atoms with van der Waals surface area (Å²) in [5.74, 6) is 3.52. The zero-order valence-corrected chi connectivity index (χ0v) is 15.6. The molecule has 4 rings (SSSR count). The van der Waals surface area contributed by atoms with Crippen LogP contribution in [0.4, 0.5) is 5.82 Å². The van der Waals surface area contributed by atoms with E-state index in [1.54, 1.807) is 0 Å². The molecule has 1 unspecified atom stereocenters. The van der Waals surface area contributed by atoms with Crippen LogP contribution in [0.2, 0.25) is 0 Å². The first-order valence-corrected chi connectivity index (χ1v) is 9.47. The van der Waals surface area contributed by atoms with Crippen molar-refractivity contribution in [2.75, 3.05) is 51.2 Å². The predicted octanol–water partition coefficient (Wildman–Crippen LogP) is 1.42. The van der Waals surface area contributed by atoms with Gasteiger partial charge in [-0.3, -0.25) is 4.90 Å². The standard InChI is InChI=1S/C18H29N7/c1-14-5-4-6-23(12-14)13-16-20-18-19-15(2)11-17(25(18)21-16)24-9-7-22(3)8-10-24/h11,14H,4-10,12-13H2,1-3H3. The highest BCUT2D eigenvalue weighted by molar-refractivity contribution is 5.48. The van der Waals surface area contributed by atoms with E-state index >= 15 is 0 Å². The number of nitrogens with zero attached hydrogens (tertiary/aromatic N) is 7. The van der Waals surface area contributed by atoms with Gasteiger partial charge in [-0.25, -0.2) is 4.98 Å². The average molecular weight is 343 g/mol. The lowest BCUT2D eigenvalue weighted by molar-refractivity contribution is 0.173. The van der Waals surface area contributed by atoms with E-state index in [0.717, 1.165) is 74.8 Å². The van der Waals surface area contributed by atoms with Gasteiger partial charge in [0.25, 0.3) is 5.78 Å². The second-order valence-electron chi connectivity index (χ2n) is 7.77. The molecule has 0 N–H and O–H groups in total. The fourth-order valence-corrected chi connectivity index (χ4v) is 3.97. The highest BCUT2D eigenvalue weighted by atomic mass is 15.4. The van der Waals surface area contributed by atoms with Crippen molar-refractivity contribution in [1.82, 2.24) is 29.4 Å². The van der Waals surface area contributed by atoms with E-state index in [1.165, 1.54) is 12.8 Å². The van der Waals surface area contributed by atoms with Gasteiger partial charge in [0.05, 0.1) is 6.54 Å². The monoisotopic (exact) mass is 343 g/mol. The van der Waals surface area contributed by atoms with Crippen LogP contribution in [0.3, 0.4) is 0 Å². The van der Waals surface area contributed by atoms with Crippen LogP contribution >= 0.6 is 0 Å². The van der Waals surface area contributed by atoms with Crippen LogP contribution in [0.1, 0.15) is 31.3 Å². The molecule has 2 aromatic heterocycles. The Morgan fingerprint density at radius 3 is 2.68 bits per heavy atom. The van der Waals surface area contributed by atoms with Crippen LogP contribution in [0.25, 0.3) is 5.78 Å². The molecule has 0 spiro atoms. The minimum Gasteiger partial charge on any atom is -0.354 e. The molecule has 2 saturated heterocycles. The number of likely N-dealkylation sites (tertiary alicyclic amines) is 1. The summed E-state index contributed by atoms with van der Waals surface area (Å²) in [6.07, 6.45) is 2.61. The molecule has 7 nitrogen and oxygen atoms in total. The van der Waals surface area contributed by atoms with E-state index in [-0.39, 0.29) is 0 Å². The van der Waals surface area contributed by atoms with Gasteiger partial charge in [0.2, 0.25) is 0 Å². The molecule has 4 heterocycles. The highest BCUT2D eigenvalue weighted by Crippen LogP contribution is 2.20. The van der Waals surface area contributed by atoms with E-state index in [1.807, 2.05) is 11.4 Å². The summed E-state index contributed by atoms with van der Waals surface area (Å²) < 4.78 is 1.95. The smallest absolute Gasteiger partial charge is 0.254 e. The number of anilines is 1. The second kappa shape index (κ2) is 6.88. The fourth-order valence-electron chi connectivity index (χ4n) is 3.97. The minimum atomic E-state index is 0.731. The Hall–Kier alpha value is -1.73. The summed E-state index contributed by atoms with van der Waals surface area (Å²) in [6, 6.07) is 2.14. The van der Waals surface area contributed by atoms with E-state index in [0.29, 0.717) is 0 Å². The summed E-state index contributed by atoms with van der Waals surface area (Å²) in [5.41, 5.74) is 1.01. The van der Waals surface area contributed by atoms with E-state index < -0.39 is 0 Å². The lowest BCUT2D eigenvalue weighted by atomic mass is 10.0. The SMILES string of the molecule is Cc1cc(N2CCN(C)CC2)n2nc(CN3CCCC(C)C3)nc2n1. The van der Waals surface area contributed by atoms with Crippen molar-refractivity contribution in [1.29, 1.82) is 0 Å². The summed E-state index contributed by atoms with van der Waals surface area (Å²) >= 11 is 0. The molecule has 0 bridgehead atoms. The molecular formula is C18H29N7. The number of fused-ring (bicyclic) bond motifs is 1. The molecule has 0 amide bonds. The van der Waals surface area contributed by atoms with Crippen LogP contribution in [-0.4, -0.2) is 75.7 Å². The van der Waals surface area contributed by atoms with Gasteiger partial charge in [-0.2, -0.15) is 9.50 Å². The fraction of sp³-hybridized carbons (Fsp3) is 0.722. The molecule has 2 aliphatic heterocycles. The number of piperidine rings is 1. The average Bonchev–Trinajstić information content (AvgIpc) is 2.97. The van der Waals surface area contributed by atoms with Gasteiger partial charge in [-0.05, 0) is 39.3 Å². The summed E-state index contributed by atoms with van der Waals surface area (Å²) in [7, 11) is 2.18. The molecular weight excluding hydrogens is 314 g/mol. The molecule has 0 aromatic carbocycles. The largest absolute Gasteiger partial charge is 0.354 e. The zero-order valence-electron chi connectivity index (χ0n) is 15.6. The topological polar surface area (TPSA) is 52.8 Å². The maximum Gasteiger partial charge on any atom is 0.254 e. The van der Waals surface area contributed by atoms with Crippen molar-refractivity contribution in [2.24, 2.45) is 5.92 Å². The molecule has 2 aliphatic rings. The van der Waals surface area contributed by atoms with Crippen LogP contribution in [0.5, 0.6) is 0 Å². The first kappa shape index (κ1) is 16.7. The number of aromatic nitrogens is 4. The lowest BCUT2D eigenvalue weighted by Crippen LogP contribution is -2.45. The lowest BCUT2D eigenvalue weighted by Gasteiger charge is -2.33. The Bertz CT molecular complexity index is 732. The van der Waals surface area contributed by atoms with Crippen molar-refractivity contribution >= 4 is 11.6 Å². The maximum absolute atomic E-state index is 4.81. The Kier molecular flexibility index (Phi) is 4.60. The third kappa shape index (κ3) is 3.62. The summed E-state index contributed by atoms with van der Waals surface area (Å²) in [6.45, 7) is 11.7. The Balaban J connectivity index is 1.60. The molecule has 0 radical (unpaired) electrons. The molecule has 2 aromatic rings. The minimum absolute atomic E-state index is 0.731. The Labute approximate surface area is 149 Å². The normalized spacial score (nSPS) is 23.5. The molecule has 25 heavy (non-hydrogen) atoms. The van der Waals surface area contributed by atoms with Crippen molar-refractivity contribution in [3.8, 4) is 0 Å². The number of piperazine rings is 1. The van der Waals surface area contributed by atoms with Crippen LogP contribution in [0, 0.1) is 12.8 Å². The van der Waals surface area contributed by atoms with Crippen molar-refractivity contribution in [3.63, 3.8) is 0 Å². The van der Waals surface area contributed by atoms with E-state index in [2.05, 4.69) is 39.7 Å². The number of rotatable bonds is 3. The maximum atomic E-state index is 4.81. The summed E-state index contributed by atoms with van der Waals surface area (Å²) in [4.78, 5) is 16.6. The summed E-state index contributed by atoms with van der Waals surface area (Å²) in [5, 5.41) is 4.81. The van der Waals surface area contributed by atoms with Crippen LogP contribution < -0.4 is 4.90 Å². The van der Waals surface area contributed by atoms with Gasteiger partial charge in [0.15, 0.2) is 5.82 Å². The molecule has 136 valence electrons. The van der Waals surface area contributed by atoms with Crippen LogP contribution in [0.15, 0.2) is 6.07 Å². The number of likely N-dealkylation sites (N-methyl/N-ethyl adjacent to an activating group) is 1. The van der Waals surface area contributed by atoms with Crippen LogP contribution in [-0.2, 0) is 6.54 Å². The van der Waals surface area contributed by atoms with Crippen molar-refractivity contribution in [3.05, 3.63) is 17.6 Å². The number of hydrogen-bond donors (Lipinski definition) is 0. The van der Waals surface area contributed by atoms with Gasteiger partial charge in [0.1, 0.15) is 5.82 Å². The molecule has 2 fully saturated rings. The van der Waals surface area contributed by atoms with E-state index in [9.17, 15) is 0 Å². The van der Waals surface area contributed by atoms with Crippen molar-refractivity contribution < 1.29 is 0 Å². The van der Waals surface area contributed by atoms with Gasteiger partial charge >= 0.3 is 0 Å². The highest BCUT2D eigenvalue weighted by Gasteiger charge is 2.21. The number of hydrogen-bond acceptors (Lipinski definition) is 6. The third-order valence-electron chi connectivity index (χ3n) is 5.40. The first-order valence-electron chi connectivity index (χ1n) is 9.47. The van der Waals surface area contributed by atoms with Gasteiger partial charge in [-0.1, -0.05) is 6.92 Å². The van der Waals surface area contributed by atoms with Gasteiger partial charge in [-0.15, -0.1) is 5.10 Å². The molecule has 0 saturated carbocycles. The quantitative estimate of drug-likeness (QED) is 0.840.